The van der Waals surface area contributed by atoms with Crippen molar-refractivity contribution in [3.8, 4) is 0 Å². The van der Waals surface area contributed by atoms with Crippen molar-refractivity contribution >= 4 is 35.5 Å². The molecule has 0 heterocycles. The Bertz CT molecular complexity index is 472. The van der Waals surface area contributed by atoms with E-state index in [0.717, 1.165) is 0 Å². The molecule has 0 spiro atoms. The van der Waals surface area contributed by atoms with Crippen LogP contribution in [0.3, 0.4) is 0 Å². The molecule has 0 aliphatic rings. The van der Waals surface area contributed by atoms with Crippen LogP contribution in [-0.4, -0.2) is 75.3 Å². The third-order valence-corrected chi connectivity index (χ3v) is 3.66. The van der Waals surface area contributed by atoms with Crippen molar-refractivity contribution in [2.24, 2.45) is 5.73 Å². The third kappa shape index (κ3) is 8.13. The molecule has 0 aliphatic carbocycles. The molecule has 0 aromatic carbocycles. The van der Waals surface area contributed by atoms with Gasteiger partial charge in [-0.15, -0.1) is 0 Å². The number of carboxylic acid groups (broad SMARTS) is 2. The summed E-state index contributed by atoms with van der Waals surface area (Å²) in [6.07, 6.45) is -0.0308. The minimum absolute atomic E-state index is 0.168. The van der Waals surface area contributed by atoms with E-state index in [4.69, 9.17) is 15.9 Å². The summed E-state index contributed by atoms with van der Waals surface area (Å²) in [6.45, 7) is 1.23. The van der Waals surface area contributed by atoms with E-state index in [1.165, 1.54) is 18.7 Å². The highest BCUT2D eigenvalue weighted by Crippen LogP contribution is 2.03. The second kappa shape index (κ2) is 10.8. The highest BCUT2D eigenvalue weighted by atomic mass is 32.2. The van der Waals surface area contributed by atoms with Gasteiger partial charge in [0.05, 0.1) is 18.6 Å². The number of carboxylic acids is 2. The summed E-state index contributed by atoms with van der Waals surface area (Å²) in [4.78, 5) is 45.6. The largest absolute Gasteiger partial charge is 0.481 e. The highest BCUT2D eigenvalue weighted by Gasteiger charge is 2.31. The first-order chi connectivity index (χ1) is 11.1. The molecule has 0 aliphatic heterocycles. The molecule has 10 nitrogen and oxygen atoms in total. The van der Waals surface area contributed by atoms with Crippen LogP contribution in [0.4, 0.5) is 0 Å². The zero-order valence-corrected chi connectivity index (χ0v) is 14.2. The standard InChI is InChI=1S/C13H23N3O7S/c1-6(17)10(16-11(20)7(14)5-9(18)19)12(21)15-8(13(22)23)3-4-24-2/h6-8,10,17H,3-5,14H2,1-2H3,(H,15,21)(H,16,20)(H,18,19)(H,22,23)/t6-,7+,8+,10+/m1/s1. The number of rotatable bonds is 11. The van der Waals surface area contributed by atoms with E-state index in [2.05, 4.69) is 10.6 Å². The van der Waals surface area contributed by atoms with Crippen LogP contribution in [0.1, 0.15) is 19.8 Å². The summed E-state index contributed by atoms with van der Waals surface area (Å²) in [7, 11) is 0. The van der Waals surface area contributed by atoms with Crippen LogP contribution in [0.25, 0.3) is 0 Å². The maximum atomic E-state index is 12.1. The molecule has 0 fully saturated rings. The SMILES string of the molecule is CSCC[C@H](NC(=O)[C@@H](NC(=O)[C@@H](N)CC(=O)O)[C@@H](C)O)C(=O)O. The Morgan fingerprint density at radius 2 is 1.71 bits per heavy atom. The Kier molecular flexibility index (Phi) is 10.0. The molecule has 0 saturated carbocycles. The number of aliphatic carboxylic acids is 2. The van der Waals surface area contributed by atoms with Crippen molar-refractivity contribution in [1.82, 2.24) is 10.6 Å². The van der Waals surface area contributed by atoms with Gasteiger partial charge in [0.1, 0.15) is 12.1 Å². The first-order valence-corrected chi connectivity index (χ1v) is 8.47. The summed E-state index contributed by atoms with van der Waals surface area (Å²) in [5.41, 5.74) is 5.38. The number of nitrogens with two attached hydrogens (primary N) is 1. The molecule has 2 amide bonds. The average Bonchev–Trinajstić information content (AvgIpc) is 2.46. The molecule has 0 aromatic rings. The highest BCUT2D eigenvalue weighted by molar-refractivity contribution is 7.98. The summed E-state index contributed by atoms with van der Waals surface area (Å²) < 4.78 is 0. The van der Waals surface area contributed by atoms with Crippen molar-refractivity contribution in [1.29, 1.82) is 0 Å². The minimum Gasteiger partial charge on any atom is -0.481 e. The number of nitrogens with one attached hydrogen (secondary N) is 2. The van der Waals surface area contributed by atoms with E-state index in [0.29, 0.717) is 5.75 Å². The second-order valence-electron chi connectivity index (χ2n) is 5.11. The summed E-state index contributed by atoms with van der Waals surface area (Å²) in [6, 6.07) is -4.02. The van der Waals surface area contributed by atoms with E-state index in [1.54, 1.807) is 6.26 Å². The first kappa shape index (κ1) is 22.1. The Hall–Kier alpha value is -1.85. The molecule has 4 atom stereocenters. The van der Waals surface area contributed by atoms with E-state index >= 15 is 0 Å². The van der Waals surface area contributed by atoms with Gasteiger partial charge in [0.15, 0.2) is 0 Å². The number of hydrogen-bond acceptors (Lipinski definition) is 7. The Morgan fingerprint density at radius 1 is 1.12 bits per heavy atom. The maximum Gasteiger partial charge on any atom is 0.326 e. The smallest absolute Gasteiger partial charge is 0.326 e. The number of aliphatic hydroxyl groups excluding tert-OH is 1. The van der Waals surface area contributed by atoms with Gasteiger partial charge < -0.3 is 31.7 Å². The fraction of sp³-hybridized carbons (Fsp3) is 0.692. The van der Waals surface area contributed by atoms with Crippen molar-refractivity contribution in [3.05, 3.63) is 0 Å². The fourth-order valence-electron chi connectivity index (χ4n) is 1.70. The van der Waals surface area contributed by atoms with Crippen molar-refractivity contribution in [3.63, 3.8) is 0 Å². The van der Waals surface area contributed by atoms with Gasteiger partial charge in [-0.3, -0.25) is 14.4 Å². The van der Waals surface area contributed by atoms with Gasteiger partial charge in [-0.25, -0.2) is 4.79 Å². The van der Waals surface area contributed by atoms with Gasteiger partial charge in [-0.05, 0) is 25.4 Å². The number of carbonyl (C=O) groups excluding carboxylic acids is 2. The minimum atomic E-state index is -1.45. The number of amides is 2. The molecule has 7 N–H and O–H groups in total. The number of thioether (sulfide) groups is 1. The van der Waals surface area contributed by atoms with E-state index in [1.807, 2.05) is 0 Å². The molecule has 0 aromatic heterocycles. The Balaban J connectivity index is 4.90. The van der Waals surface area contributed by atoms with E-state index in [-0.39, 0.29) is 6.42 Å². The lowest BCUT2D eigenvalue weighted by Gasteiger charge is -2.24. The fourth-order valence-corrected chi connectivity index (χ4v) is 2.17. The van der Waals surface area contributed by atoms with Crippen LogP contribution in [0.15, 0.2) is 0 Å². The molecule has 11 heteroatoms. The first-order valence-electron chi connectivity index (χ1n) is 7.08. The molecule has 24 heavy (non-hydrogen) atoms. The molecule has 0 rings (SSSR count). The summed E-state index contributed by atoms with van der Waals surface area (Å²) >= 11 is 1.40. The molecule has 0 radical (unpaired) electrons. The van der Waals surface area contributed by atoms with Crippen molar-refractivity contribution in [2.45, 2.75) is 44.0 Å². The molecule has 0 unspecified atom stereocenters. The molecular formula is C13H23N3O7S. The lowest BCUT2D eigenvalue weighted by molar-refractivity contribution is -0.143. The predicted molar refractivity (Wildman–Crippen MR) is 86.4 cm³/mol. The van der Waals surface area contributed by atoms with E-state index < -0.39 is 54.4 Å². The predicted octanol–water partition coefficient (Wildman–Crippen LogP) is -2.02. The monoisotopic (exact) mass is 365 g/mol. The van der Waals surface area contributed by atoms with Gasteiger partial charge in [-0.2, -0.15) is 11.8 Å². The quantitative estimate of drug-likeness (QED) is 0.241. The van der Waals surface area contributed by atoms with Crippen molar-refractivity contribution < 1.29 is 34.5 Å². The normalized spacial score (nSPS) is 15.7. The lowest BCUT2D eigenvalue weighted by Crippen LogP contribution is -2.58. The topological polar surface area (TPSA) is 179 Å². The zero-order valence-electron chi connectivity index (χ0n) is 13.4. The van der Waals surface area contributed by atoms with Crippen LogP contribution < -0.4 is 16.4 Å². The molecule has 138 valence electrons. The van der Waals surface area contributed by atoms with Crippen LogP contribution in [0.5, 0.6) is 0 Å². The zero-order chi connectivity index (χ0) is 18.9. The van der Waals surface area contributed by atoms with E-state index in [9.17, 15) is 24.3 Å². The third-order valence-electron chi connectivity index (χ3n) is 3.02. The average molecular weight is 365 g/mol. The summed E-state index contributed by atoms with van der Waals surface area (Å²) in [5, 5.41) is 31.7. The van der Waals surface area contributed by atoms with Crippen molar-refractivity contribution in [2.75, 3.05) is 12.0 Å². The summed E-state index contributed by atoms with van der Waals surface area (Å²) in [5.74, 6) is -3.87. The number of hydrogen-bond donors (Lipinski definition) is 6. The number of aliphatic hydroxyl groups is 1. The van der Waals surface area contributed by atoms with Gasteiger partial charge in [-0.1, -0.05) is 0 Å². The van der Waals surface area contributed by atoms with Crippen LogP contribution in [0, 0.1) is 0 Å². The van der Waals surface area contributed by atoms with Crippen LogP contribution in [0.2, 0.25) is 0 Å². The maximum absolute atomic E-state index is 12.1. The Labute approximate surface area is 143 Å². The van der Waals surface area contributed by atoms with Gasteiger partial charge >= 0.3 is 11.9 Å². The van der Waals surface area contributed by atoms with Gasteiger partial charge in [0.25, 0.3) is 0 Å². The Morgan fingerprint density at radius 3 is 2.12 bits per heavy atom. The van der Waals surface area contributed by atoms with Crippen LogP contribution in [-0.2, 0) is 19.2 Å². The van der Waals surface area contributed by atoms with Gasteiger partial charge in [0.2, 0.25) is 11.8 Å². The number of carbonyl (C=O) groups is 4. The lowest BCUT2D eigenvalue weighted by atomic mass is 10.1. The molecule has 0 bridgehead atoms. The van der Waals surface area contributed by atoms with Crippen LogP contribution >= 0.6 is 11.8 Å². The molecular weight excluding hydrogens is 342 g/mol. The second-order valence-corrected chi connectivity index (χ2v) is 6.10. The van der Waals surface area contributed by atoms with Gasteiger partial charge in [0, 0.05) is 0 Å². The molecule has 0 saturated heterocycles.